The van der Waals surface area contributed by atoms with Gasteiger partial charge in [0.2, 0.25) is 5.79 Å². The molecule has 1 unspecified atom stereocenters. The van der Waals surface area contributed by atoms with Crippen molar-refractivity contribution in [3.05, 3.63) is 63.7 Å². The molecule has 1 aliphatic rings. The van der Waals surface area contributed by atoms with E-state index in [-0.39, 0.29) is 23.8 Å². The van der Waals surface area contributed by atoms with Gasteiger partial charge in [-0.3, -0.25) is 14.9 Å². The number of carbonyl (C=O) groups is 3. The van der Waals surface area contributed by atoms with E-state index in [0.29, 0.717) is 24.9 Å². The third kappa shape index (κ3) is 10.8. The summed E-state index contributed by atoms with van der Waals surface area (Å²) in [7, 11) is -1.46. The van der Waals surface area contributed by atoms with Gasteiger partial charge >= 0.3 is 11.9 Å². The summed E-state index contributed by atoms with van der Waals surface area (Å²) in [6, 6.07) is 10.9. The third-order valence-corrected chi connectivity index (χ3v) is 20.0. The first-order valence-corrected chi connectivity index (χ1v) is 23.1. The number of aldehydes is 1. The number of carbonyl (C=O) groups excluding carboxylic acids is 3. The van der Waals surface area contributed by atoms with Gasteiger partial charge in [0, 0.05) is 37.2 Å². The van der Waals surface area contributed by atoms with Gasteiger partial charge < -0.3 is 27.8 Å². The summed E-state index contributed by atoms with van der Waals surface area (Å²) in [6.45, 7) is 17.0. The fourth-order valence-electron chi connectivity index (χ4n) is 6.94. The Kier molecular flexibility index (Phi) is 17.1. The maximum Gasteiger partial charge on any atom is 0.339 e. The number of rotatable bonds is 21. The van der Waals surface area contributed by atoms with E-state index in [0.717, 1.165) is 42.3 Å². The van der Waals surface area contributed by atoms with Crippen LogP contribution < -0.4 is 0 Å². The lowest BCUT2D eigenvalue weighted by molar-refractivity contribution is -0.384. The van der Waals surface area contributed by atoms with Crippen LogP contribution in [-0.2, 0) is 37.4 Å². The second-order valence-corrected chi connectivity index (χ2v) is 23.1. The number of hydrogen-bond donors (Lipinski definition) is 0. The molecule has 2 rings (SSSR count). The predicted molar refractivity (Wildman–Crippen MR) is 200 cm³/mol. The van der Waals surface area contributed by atoms with Gasteiger partial charge in [-0.05, 0) is 60.4 Å². The molecule has 0 N–H and O–H groups in total. The molecule has 1 aliphatic heterocycles. The largest absolute Gasteiger partial charge is 0.466 e. The minimum Gasteiger partial charge on any atom is -0.466 e. The molecule has 1 heterocycles. The van der Waals surface area contributed by atoms with Crippen molar-refractivity contribution < 1.29 is 47.1 Å². The maximum atomic E-state index is 13.7. The smallest absolute Gasteiger partial charge is 0.339 e. The van der Waals surface area contributed by atoms with E-state index in [1.54, 1.807) is 19.9 Å². The van der Waals surface area contributed by atoms with Crippen LogP contribution in [0.25, 0.3) is 0 Å². The molecule has 14 heteroatoms. The number of hydrogen-bond acceptors (Lipinski definition) is 11. The molecular weight excluding hydrogens is 691 g/mol. The zero-order valence-corrected chi connectivity index (χ0v) is 34.2. The first kappa shape index (κ1) is 44.1. The number of esters is 2. The molecule has 0 saturated carbocycles. The minimum absolute atomic E-state index is 0.0731. The lowest BCUT2D eigenvalue weighted by Crippen LogP contribution is -2.63. The van der Waals surface area contributed by atoms with E-state index in [9.17, 15) is 24.5 Å². The Bertz CT molecular complexity index is 1370. The van der Waals surface area contributed by atoms with Gasteiger partial charge in [0.05, 0.1) is 36.4 Å². The van der Waals surface area contributed by atoms with Gasteiger partial charge in [-0.15, -0.1) is 0 Å². The summed E-state index contributed by atoms with van der Waals surface area (Å²) in [4.78, 5) is 49.0. The van der Waals surface area contributed by atoms with Crippen molar-refractivity contribution in [2.75, 3.05) is 20.8 Å². The molecule has 51 heavy (non-hydrogen) atoms. The molecule has 286 valence electrons. The van der Waals surface area contributed by atoms with Crippen molar-refractivity contribution >= 4 is 40.5 Å². The molecule has 0 aromatic heterocycles. The topological polar surface area (TPSA) is 150 Å². The Labute approximate surface area is 305 Å². The van der Waals surface area contributed by atoms with Crippen molar-refractivity contribution in [1.82, 2.24) is 0 Å². The predicted octanol–water partition coefficient (Wildman–Crippen LogP) is 7.93. The minimum atomic E-state index is -2.13. The average molecular weight is 750 g/mol. The molecule has 1 aromatic carbocycles. The zero-order valence-electron chi connectivity index (χ0n) is 32.2. The molecule has 0 bridgehead atoms. The molecular formula is C37H59NO11Si2. The van der Waals surface area contributed by atoms with E-state index in [2.05, 4.69) is 41.5 Å². The highest BCUT2D eigenvalue weighted by atomic mass is 28.4. The van der Waals surface area contributed by atoms with E-state index in [4.69, 9.17) is 27.8 Å². The summed E-state index contributed by atoms with van der Waals surface area (Å²) in [5, 5.41) is 11.5. The second-order valence-electron chi connectivity index (χ2n) is 13.6. The Morgan fingerprint density at radius 3 is 2.16 bits per heavy atom. The summed E-state index contributed by atoms with van der Waals surface area (Å²) in [5.41, 5.74) is -1.14. The van der Waals surface area contributed by atoms with E-state index in [1.165, 1.54) is 44.6 Å². The Morgan fingerprint density at radius 1 is 1.04 bits per heavy atom. The Hall–Kier alpha value is -3.02. The maximum absolute atomic E-state index is 13.7. The lowest BCUT2D eigenvalue weighted by Gasteiger charge is -2.53. The normalized spacial score (nSPS) is 21.4. The fourth-order valence-corrected chi connectivity index (χ4v) is 12.5. The van der Waals surface area contributed by atoms with Crippen molar-refractivity contribution in [2.24, 2.45) is 5.41 Å². The van der Waals surface area contributed by atoms with Crippen molar-refractivity contribution in [3.8, 4) is 0 Å². The lowest BCUT2D eigenvalue weighted by atomic mass is 9.74. The number of ether oxygens (including phenoxy) is 4. The number of benzene rings is 1. The molecule has 1 fully saturated rings. The molecule has 0 radical (unpaired) electrons. The van der Waals surface area contributed by atoms with Gasteiger partial charge in [-0.2, -0.15) is 0 Å². The highest BCUT2D eigenvalue weighted by Crippen LogP contribution is 2.49. The molecule has 1 saturated heterocycles. The summed E-state index contributed by atoms with van der Waals surface area (Å²) in [5.74, 6) is -3.35. The fraction of sp³-hybridized carbons (Fsp3) is 0.649. The SMILES string of the molecule is CC[Si](CC)(CC)OCC(C[C@@H]1C/C(=C\C(=O)OC)[C@H](OC(=O)c2cccc([N+](=O)[O-])c2)[C@](OC)(C(C)(C)/C=C/C=O)O1)O[Si](CC)(CC)CC. The van der Waals surface area contributed by atoms with Crippen LogP contribution in [0.4, 0.5) is 5.69 Å². The number of nitro groups is 1. The van der Waals surface area contributed by atoms with Gasteiger partial charge in [0.25, 0.3) is 5.69 Å². The number of allylic oxidation sites excluding steroid dienone is 1. The van der Waals surface area contributed by atoms with Crippen LogP contribution in [0.3, 0.4) is 0 Å². The number of nitro benzene ring substituents is 1. The highest BCUT2D eigenvalue weighted by Gasteiger charge is 2.59. The molecule has 4 atom stereocenters. The third-order valence-electron chi connectivity index (χ3n) is 10.7. The van der Waals surface area contributed by atoms with Crippen molar-refractivity contribution in [1.29, 1.82) is 0 Å². The number of nitrogens with zero attached hydrogens (tertiary/aromatic N) is 1. The van der Waals surface area contributed by atoms with Crippen molar-refractivity contribution in [3.63, 3.8) is 0 Å². The first-order valence-electron chi connectivity index (χ1n) is 18.1. The highest BCUT2D eigenvalue weighted by molar-refractivity contribution is 6.74. The van der Waals surface area contributed by atoms with Crippen LogP contribution in [0.1, 0.15) is 78.6 Å². The van der Waals surface area contributed by atoms with Gasteiger partial charge in [-0.1, -0.05) is 67.5 Å². The molecule has 12 nitrogen and oxygen atoms in total. The van der Waals surface area contributed by atoms with E-state index < -0.39 is 56.9 Å². The van der Waals surface area contributed by atoms with Crippen LogP contribution >= 0.6 is 0 Å². The monoisotopic (exact) mass is 749 g/mol. The molecule has 0 aliphatic carbocycles. The van der Waals surface area contributed by atoms with Crippen molar-refractivity contribution in [2.45, 2.75) is 129 Å². The molecule has 0 spiro atoms. The molecule has 1 aromatic rings. The van der Waals surface area contributed by atoms with Crippen LogP contribution in [-0.4, -0.2) is 84.7 Å². The Morgan fingerprint density at radius 2 is 1.65 bits per heavy atom. The van der Waals surface area contributed by atoms with E-state index in [1.807, 2.05) is 0 Å². The Balaban J connectivity index is 2.75. The standard InChI is InChI=1S/C37H59NO11Si2/c1-11-50(12-2,13-3)46-27-32(49-51(14-4,15-5)16-6)26-31-24-29(25-33(40)44-9)34(37(45-10,48-31)36(7,8)21-18-22-39)47-35(41)28-19-17-20-30(23-28)38(42)43/h17-23,25,31-32,34H,11-16,24,26-27H2,1-10H3/b21-18+,29-25+/t31-,32?,34-,37+/m0/s1. The average Bonchev–Trinajstić information content (AvgIpc) is 3.14. The van der Waals surface area contributed by atoms with E-state index >= 15 is 0 Å². The number of methoxy groups -OCH3 is 2. The summed E-state index contributed by atoms with van der Waals surface area (Å²) in [6.07, 6.45) is 3.07. The van der Waals surface area contributed by atoms with Crippen LogP contribution in [0, 0.1) is 15.5 Å². The zero-order chi connectivity index (χ0) is 38.5. The number of non-ortho nitro benzene ring substituents is 1. The van der Waals surface area contributed by atoms with Crippen LogP contribution in [0.15, 0.2) is 48.1 Å². The van der Waals surface area contributed by atoms with Gasteiger partial charge in [-0.25, -0.2) is 9.59 Å². The van der Waals surface area contributed by atoms with Crippen LogP contribution in [0.5, 0.6) is 0 Å². The first-order chi connectivity index (χ1) is 24.1. The summed E-state index contributed by atoms with van der Waals surface area (Å²) < 4.78 is 38.2. The quantitative estimate of drug-likeness (QED) is 0.0301. The second kappa shape index (κ2) is 19.7. The molecule has 0 amide bonds. The van der Waals surface area contributed by atoms with Gasteiger partial charge in [0.1, 0.15) is 6.29 Å². The summed E-state index contributed by atoms with van der Waals surface area (Å²) >= 11 is 0. The van der Waals surface area contributed by atoms with Crippen LogP contribution in [0.2, 0.25) is 36.3 Å². The van der Waals surface area contributed by atoms with Gasteiger partial charge in [0.15, 0.2) is 22.7 Å².